The van der Waals surface area contributed by atoms with Gasteiger partial charge in [-0.2, -0.15) is 0 Å². The van der Waals surface area contributed by atoms with Gasteiger partial charge in [-0.3, -0.25) is 0 Å². The van der Waals surface area contributed by atoms with Crippen LogP contribution in [-0.2, 0) is 0 Å². The third-order valence-electron chi connectivity index (χ3n) is 2.38. The molecule has 1 N–H and O–H groups in total. The van der Waals surface area contributed by atoms with E-state index in [0.29, 0.717) is 18.8 Å². The summed E-state index contributed by atoms with van der Waals surface area (Å²) in [6.45, 7) is 4.60. The molecule has 0 aliphatic carbocycles. The Morgan fingerprint density at radius 2 is 2.17 bits per heavy atom. The fraction of sp³-hybridized carbons (Fsp3) is 1.00. The van der Waals surface area contributed by atoms with Gasteiger partial charge in [-0.1, -0.05) is 13.8 Å². The van der Waals surface area contributed by atoms with Crippen molar-refractivity contribution in [2.24, 2.45) is 11.8 Å². The van der Waals surface area contributed by atoms with E-state index in [1.54, 1.807) is 0 Å². The molecule has 0 radical (unpaired) electrons. The van der Waals surface area contributed by atoms with E-state index in [2.05, 4.69) is 5.32 Å². The van der Waals surface area contributed by atoms with Gasteiger partial charge in [0.05, 0.1) is 6.54 Å². The van der Waals surface area contributed by atoms with E-state index in [-0.39, 0.29) is 6.54 Å². The van der Waals surface area contributed by atoms with Crippen LogP contribution in [0.3, 0.4) is 0 Å². The molecule has 1 fully saturated rings. The minimum Gasteiger partial charge on any atom is -0.311 e. The Labute approximate surface area is 72.5 Å². The Balaban J connectivity index is 2.48. The topological polar surface area (TPSA) is 12.0 Å². The zero-order chi connectivity index (χ0) is 9.19. The summed E-state index contributed by atoms with van der Waals surface area (Å²) in [5.74, 6) is -2.51. The number of nitrogens with one attached hydrogen (secondary N) is 1. The van der Waals surface area contributed by atoms with E-state index in [1.807, 2.05) is 13.8 Å². The highest BCUT2D eigenvalue weighted by atomic mass is 19.3. The number of piperidine rings is 1. The molecule has 1 aliphatic rings. The number of halogens is 2. The molecule has 0 saturated carbocycles. The zero-order valence-electron chi connectivity index (χ0n) is 7.74. The van der Waals surface area contributed by atoms with Crippen LogP contribution in [0.15, 0.2) is 0 Å². The fourth-order valence-corrected chi connectivity index (χ4v) is 1.75. The van der Waals surface area contributed by atoms with Gasteiger partial charge in [-0.15, -0.1) is 0 Å². The van der Waals surface area contributed by atoms with E-state index in [0.717, 1.165) is 6.54 Å². The Morgan fingerprint density at radius 1 is 1.50 bits per heavy atom. The lowest BCUT2D eigenvalue weighted by atomic mass is 9.86. The molecule has 3 heteroatoms. The molecule has 72 valence electrons. The average molecular weight is 177 g/mol. The maximum atomic E-state index is 13.2. The minimum absolute atomic E-state index is 0.135. The molecule has 0 amide bonds. The first-order valence-electron chi connectivity index (χ1n) is 4.61. The molecular weight excluding hydrogens is 160 g/mol. The van der Waals surface area contributed by atoms with Crippen molar-refractivity contribution in [2.45, 2.75) is 32.6 Å². The van der Waals surface area contributed by atoms with Gasteiger partial charge < -0.3 is 5.32 Å². The SMILES string of the molecule is CC(C)CC1CCNCC1(F)F. The van der Waals surface area contributed by atoms with Crippen LogP contribution < -0.4 is 5.32 Å². The van der Waals surface area contributed by atoms with Gasteiger partial charge >= 0.3 is 0 Å². The van der Waals surface area contributed by atoms with Crippen LogP contribution in [0.1, 0.15) is 26.7 Å². The summed E-state index contributed by atoms with van der Waals surface area (Å²) in [5, 5.41) is 2.73. The van der Waals surface area contributed by atoms with Crippen molar-refractivity contribution in [3.05, 3.63) is 0 Å². The van der Waals surface area contributed by atoms with Crippen molar-refractivity contribution in [2.75, 3.05) is 13.1 Å². The third-order valence-corrected chi connectivity index (χ3v) is 2.38. The summed E-state index contributed by atoms with van der Waals surface area (Å²) < 4.78 is 26.3. The lowest BCUT2D eigenvalue weighted by molar-refractivity contribution is -0.0796. The first kappa shape index (κ1) is 9.90. The van der Waals surface area contributed by atoms with Crippen LogP contribution in [-0.4, -0.2) is 19.0 Å². The number of hydrogen-bond acceptors (Lipinski definition) is 1. The largest absolute Gasteiger partial charge is 0.311 e. The summed E-state index contributed by atoms with van der Waals surface area (Å²) in [6.07, 6.45) is 1.26. The molecule has 0 spiro atoms. The number of alkyl halides is 2. The predicted octanol–water partition coefficient (Wildman–Crippen LogP) is 2.28. The smallest absolute Gasteiger partial charge is 0.263 e. The number of rotatable bonds is 2. The molecule has 12 heavy (non-hydrogen) atoms. The molecule has 1 unspecified atom stereocenters. The average Bonchev–Trinajstić information content (AvgIpc) is 1.92. The summed E-state index contributed by atoms with van der Waals surface area (Å²) in [7, 11) is 0. The Kier molecular flexibility index (Phi) is 3.04. The van der Waals surface area contributed by atoms with E-state index in [4.69, 9.17) is 0 Å². The predicted molar refractivity (Wildman–Crippen MR) is 45.4 cm³/mol. The monoisotopic (exact) mass is 177 g/mol. The second-order valence-corrected chi connectivity index (χ2v) is 4.05. The van der Waals surface area contributed by atoms with E-state index in [9.17, 15) is 8.78 Å². The van der Waals surface area contributed by atoms with Gasteiger partial charge in [-0.25, -0.2) is 8.78 Å². The lowest BCUT2D eigenvalue weighted by Crippen LogP contribution is -2.46. The highest BCUT2D eigenvalue weighted by Crippen LogP contribution is 2.33. The Morgan fingerprint density at radius 3 is 2.67 bits per heavy atom. The molecule has 0 aromatic carbocycles. The van der Waals surface area contributed by atoms with Crippen molar-refractivity contribution < 1.29 is 8.78 Å². The van der Waals surface area contributed by atoms with Gasteiger partial charge in [0.1, 0.15) is 0 Å². The van der Waals surface area contributed by atoms with Crippen LogP contribution in [0.5, 0.6) is 0 Å². The second kappa shape index (κ2) is 3.69. The van der Waals surface area contributed by atoms with Gasteiger partial charge in [0.25, 0.3) is 5.92 Å². The zero-order valence-corrected chi connectivity index (χ0v) is 7.74. The van der Waals surface area contributed by atoms with Crippen LogP contribution in [0.4, 0.5) is 8.78 Å². The standard InChI is InChI=1S/C9H17F2N/c1-7(2)5-8-3-4-12-6-9(8,10)11/h7-8,12H,3-6H2,1-2H3. The molecule has 1 saturated heterocycles. The van der Waals surface area contributed by atoms with E-state index in [1.165, 1.54) is 0 Å². The van der Waals surface area contributed by atoms with E-state index < -0.39 is 11.8 Å². The molecule has 1 rings (SSSR count). The van der Waals surface area contributed by atoms with Crippen molar-refractivity contribution in [1.82, 2.24) is 5.32 Å². The van der Waals surface area contributed by atoms with Crippen LogP contribution in [0.2, 0.25) is 0 Å². The summed E-state index contributed by atoms with van der Waals surface area (Å²) in [5.41, 5.74) is 0. The molecule has 0 aromatic rings. The molecule has 0 bridgehead atoms. The van der Waals surface area contributed by atoms with Gasteiger partial charge in [-0.05, 0) is 25.3 Å². The van der Waals surface area contributed by atoms with Crippen molar-refractivity contribution >= 4 is 0 Å². The Hall–Kier alpha value is -0.180. The quantitative estimate of drug-likeness (QED) is 0.682. The maximum absolute atomic E-state index is 13.2. The third kappa shape index (κ3) is 2.41. The molecule has 1 nitrogen and oxygen atoms in total. The van der Waals surface area contributed by atoms with Crippen molar-refractivity contribution in [3.63, 3.8) is 0 Å². The van der Waals surface area contributed by atoms with Gasteiger partial charge in [0, 0.05) is 5.92 Å². The molecule has 1 atom stereocenters. The fourth-order valence-electron chi connectivity index (χ4n) is 1.75. The van der Waals surface area contributed by atoms with Crippen LogP contribution in [0.25, 0.3) is 0 Å². The van der Waals surface area contributed by atoms with Gasteiger partial charge in [0.15, 0.2) is 0 Å². The highest BCUT2D eigenvalue weighted by molar-refractivity contribution is 4.84. The van der Waals surface area contributed by atoms with E-state index >= 15 is 0 Å². The minimum atomic E-state index is -2.48. The van der Waals surface area contributed by atoms with Gasteiger partial charge in [0.2, 0.25) is 0 Å². The molecule has 0 aromatic heterocycles. The highest BCUT2D eigenvalue weighted by Gasteiger charge is 2.41. The summed E-state index contributed by atoms with van der Waals surface area (Å²) in [4.78, 5) is 0. The number of hydrogen-bond donors (Lipinski definition) is 1. The normalized spacial score (nSPS) is 29.2. The van der Waals surface area contributed by atoms with Crippen LogP contribution >= 0.6 is 0 Å². The van der Waals surface area contributed by atoms with Crippen molar-refractivity contribution in [1.29, 1.82) is 0 Å². The Bertz CT molecular complexity index is 145. The molecule has 1 aliphatic heterocycles. The summed E-state index contributed by atoms with van der Waals surface area (Å²) in [6, 6.07) is 0. The van der Waals surface area contributed by atoms with Crippen LogP contribution in [0, 0.1) is 11.8 Å². The first-order chi connectivity index (χ1) is 5.52. The summed E-state index contributed by atoms with van der Waals surface area (Å²) >= 11 is 0. The lowest BCUT2D eigenvalue weighted by Gasteiger charge is -2.32. The first-order valence-corrected chi connectivity index (χ1v) is 4.61. The maximum Gasteiger partial charge on any atom is 0.263 e. The molecular formula is C9H17F2N. The second-order valence-electron chi connectivity index (χ2n) is 4.05. The van der Waals surface area contributed by atoms with Crippen molar-refractivity contribution in [3.8, 4) is 0 Å². The molecule has 1 heterocycles.